The first-order valence-electron chi connectivity index (χ1n) is 7.47. The van der Waals surface area contributed by atoms with Gasteiger partial charge < -0.3 is 15.1 Å². The number of benzene rings is 1. The van der Waals surface area contributed by atoms with Gasteiger partial charge in [-0.1, -0.05) is 25.1 Å². The minimum atomic E-state index is 0.0729. The van der Waals surface area contributed by atoms with Crippen LogP contribution in [0.3, 0.4) is 0 Å². The average Bonchev–Trinajstić information content (AvgIpc) is 2.47. The van der Waals surface area contributed by atoms with E-state index in [4.69, 9.17) is 0 Å². The van der Waals surface area contributed by atoms with Crippen LogP contribution in [0.1, 0.15) is 25.8 Å². The molecule has 1 fully saturated rings. The number of anilines is 1. The molecule has 1 unspecified atom stereocenters. The fourth-order valence-corrected chi connectivity index (χ4v) is 2.47. The third-order valence-electron chi connectivity index (χ3n) is 4.01. The van der Waals surface area contributed by atoms with E-state index >= 15 is 0 Å². The molecule has 1 aromatic carbocycles. The van der Waals surface area contributed by atoms with E-state index in [1.165, 1.54) is 11.3 Å². The van der Waals surface area contributed by atoms with Gasteiger partial charge in [0.05, 0.1) is 0 Å². The first-order chi connectivity index (χ1) is 9.61. The van der Waals surface area contributed by atoms with Crippen molar-refractivity contribution < 1.29 is 4.79 Å². The van der Waals surface area contributed by atoms with Gasteiger partial charge in [0.2, 0.25) is 0 Å². The Balaban J connectivity index is 1.89. The molecule has 0 aromatic heterocycles. The number of para-hydroxylation sites is 1. The van der Waals surface area contributed by atoms with Gasteiger partial charge in [0.25, 0.3) is 0 Å². The van der Waals surface area contributed by atoms with Gasteiger partial charge >= 0.3 is 6.03 Å². The van der Waals surface area contributed by atoms with Gasteiger partial charge in [0.1, 0.15) is 0 Å². The molecule has 1 aliphatic heterocycles. The second-order valence-corrected chi connectivity index (χ2v) is 5.52. The van der Waals surface area contributed by atoms with Crippen molar-refractivity contribution in [1.82, 2.24) is 10.2 Å². The zero-order valence-electron chi connectivity index (χ0n) is 12.7. The van der Waals surface area contributed by atoms with E-state index in [9.17, 15) is 4.79 Å². The Hall–Kier alpha value is -1.71. The number of carbonyl (C=O) groups excluding carboxylic acids is 1. The van der Waals surface area contributed by atoms with E-state index in [-0.39, 0.29) is 12.1 Å². The maximum Gasteiger partial charge on any atom is 0.317 e. The third kappa shape index (κ3) is 3.44. The summed E-state index contributed by atoms with van der Waals surface area (Å²) in [5.74, 6) is 0. The fraction of sp³-hybridized carbons (Fsp3) is 0.562. The predicted molar refractivity (Wildman–Crippen MR) is 83.2 cm³/mol. The number of carbonyl (C=O) groups is 1. The maximum atomic E-state index is 12.1. The molecule has 4 heteroatoms. The van der Waals surface area contributed by atoms with Crippen LogP contribution in [0.25, 0.3) is 0 Å². The van der Waals surface area contributed by atoms with Gasteiger partial charge in [-0.25, -0.2) is 4.79 Å². The molecule has 1 aromatic rings. The minimum absolute atomic E-state index is 0.0729. The monoisotopic (exact) mass is 275 g/mol. The van der Waals surface area contributed by atoms with Gasteiger partial charge in [-0.2, -0.15) is 0 Å². The first kappa shape index (κ1) is 14.7. The maximum absolute atomic E-state index is 12.1. The van der Waals surface area contributed by atoms with Crippen LogP contribution < -0.4 is 10.2 Å². The Kier molecular flexibility index (Phi) is 4.88. The molecule has 2 rings (SSSR count). The Morgan fingerprint density at radius 1 is 1.25 bits per heavy atom. The highest BCUT2D eigenvalue weighted by Gasteiger charge is 2.22. The highest BCUT2D eigenvalue weighted by atomic mass is 16.2. The van der Waals surface area contributed by atoms with Crippen molar-refractivity contribution in [2.75, 3.05) is 31.1 Å². The minimum Gasteiger partial charge on any atom is -0.368 e. The predicted octanol–water partition coefficient (Wildman–Crippen LogP) is 2.63. The Bertz CT molecular complexity index is 453. The third-order valence-corrected chi connectivity index (χ3v) is 4.01. The fourth-order valence-electron chi connectivity index (χ4n) is 2.47. The van der Waals surface area contributed by atoms with Gasteiger partial charge in [0, 0.05) is 37.9 Å². The summed E-state index contributed by atoms with van der Waals surface area (Å²) in [7, 11) is 0. The van der Waals surface area contributed by atoms with E-state index in [1.54, 1.807) is 0 Å². The molecule has 0 radical (unpaired) electrons. The zero-order chi connectivity index (χ0) is 14.5. The molecule has 4 nitrogen and oxygen atoms in total. The van der Waals surface area contributed by atoms with E-state index in [0.717, 1.165) is 32.6 Å². The van der Waals surface area contributed by atoms with Crippen LogP contribution in [0.15, 0.2) is 24.3 Å². The quantitative estimate of drug-likeness (QED) is 0.920. The molecule has 0 spiro atoms. The van der Waals surface area contributed by atoms with Gasteiger partial charge in [0.15, 0.2) is 0 Å². The van der Waals surface area contributed by atoms with Crippen LogP contribution in [0, 0.1) is 6.92 Å². The second-order valence-electron chi connectivity index (χ2n) is 5.52. The van der Waals surface area contributed by atoms with Gasteiger partial charge in [-0.3, -0.25) is 0 Å². The van der Waals surface area contributed by atoms with Crippen LogP contribution in [-0.4, -0.2) is 43.2 Å². The summed E-state index contributed by atoms with van der Waals surface area (Å²) in [6, 6.07) is 8.75. The second kappa shape index (κ2) is 6.64. The first-order valence-corrected chi connectivity index (χ1v) is 7.47. The van der Waals surface area contributed by atoms with E-state index < -0.39 is 0 Å². The summed E-state index contributed by atoms with van der Waals surface area (Å²) < 4.78 is 0. The number of amides is 2. The number of nitrogens with zero attached hydrogens (tertiary/aromatic N) is 2. The number of hydrogen-bond donors (Lipinski definition) is 1. The van der Waals surface area contributed by atoms with E-state index in [0.29, 0.717) is 0 Å². The van der Waals surface area contributed by atoms with Crippen molar-refractivity contribution in [1.29, 1.82) is 0 Å². The molecule has 1 atom stereocenters. The molecule has 20 heavy (non-hydrogen) atoms. The van der Waals surface area contributed by atoms with Crippen LogP contribution in [0.2, 0.25) is 0 Å². The lowest BCUT2D eigenvalue weighted by Gasteiger charge is -2.37. The summed E-state index contributed by atoms with van der Waals surface area (Å²) in [5, 5.41) is 3.03. The molecule has 0 saturated carbocycles. The number of piperazine rings is 1. The molecule has 1 aliphatic rings. The highest BCUT2D eigenvalue weighted by Crippen LogP contribution is 2.20. The van der Waals surface area contributed by atoms with Crippen molar-refractivity contribution >= 4 is 11.7 Å². The number of urea groups is 1. The van der Waals surface area contributed by atoms with Crippen molar-refractivity contribution in [2.24, 2.45) is 0 Å². The summed E-state index contributed by atoms with van der Waals surface area (Å²) in [6.07, 6.45) is 0.967. The molecule has 2 amide bonds. The number of rotatable bonds is 3. The van der Waals surface area contributed by atoms with Crippen LogP contribution in [-0.2, 0) is 0 Å². The molecule has 0 bridgehead atoms. The number of hydrogen-bond acceptors (Lipinski definition) is 2. The van der Waals surface area contributed by atoms with Crippen molar-refractivity contribution in [3.8, 4) is 0 Å². The van der Waals surface area contributed by atoms with Gasteiger partial charge in [-0.15, -0.1) is 0 Å². The number of nitrogens with one attached hydrogen (secondary N) is 1. The van der Waals surface area contributed by atoms with Crippen molar-refractivity contribution in [3.63, 3.8) is 0 Å². The summed E-state index contributed by atoms with van der Waals surface area (Å²) in [5.41, 5.74) is 2.58. The summed E-state index contributed by atoms with van der Waals surface area (Å²) in [4.78, 5) is 16.4. The smallest absolute Gasteiger partial charge is 0.317 e. The average molecular weight is 275 g/mol. The lowest BCUT2D eigenvalue weighted by Crippen LogP contribution is -2.53. The lowest BCUT2D eigenvalue weighted by molar-refractivity contribution is 0.191. The molecule has 1 N–H and O–H groups in total. The standard InChI is InChI=1S/C16H25N3O/c1-4-14(3)17-16(20)19-11-9-18(10-12-19)15-8-6-5-7-13(15)2/h5-8,14H,4,9-12H2,1-3H3,(H,17,20). The van der Waals surface area contributed by atoms with Gasteiger partial charge in [-0.05, 0) is 31.9 Å². The number of aryl methyl sites for hydroxylation is 1. The van der Waals surface area contributed by atoms with Crippen LogP contribution >= 0.6 is 0 Å². The normalized spacial score (nSPS) is 16.9. The highest BCUT2D eigenvalue weighted by molar-refractivity contribution is 5.75. The Labute approximate surface area is 121 Å². The Morgan fingerprint density at radius 3 is 2.50 bits per heavy atom. The lowest BCUT2D eigenvalue weighted by atomic mass is 10.1. The zero-order valence-corrected chi connectivity index (χ0v) is 12.7. The summed E-state index contributed by atoms with van der Waals surface area (Å²) in [6.45, 7) is 9.64. The topological polar surface area (TPSA) is 35.6 Å². The molecule has 1 saturated heterocycles. The molecule has 0 aliphatic carbocycles. The largest absolute Gasteiger partial charge is 0.368 e. The molecular formula is C16H25N3O. The molecule has 1 heterocycles. The van der Waals surface area contributed by atoms with E-state index in [2.05, 4.69) is 48.3 Å². The van der Waals surface area contributed by atoms with E-state index in [1.807, 2.05) is 11.8 Å². The van der Waals surface area contributed by atoms with Crippen LogP contribution in [0.5, 0.6) is 0 Å². The SMILES string of the molecule is CCC(C)NC(=O)N1CCN(c2ccccc2C)CC1. The molecule has 110 valence electrons. The van der Waals surface area contributed by atoms with Crippen molar-refractivity contribution in [3.05, 3.63) is 29.8 Å². The molecular weight excluding hydrogens is 250 g/mol. The summed E-state index contributed by atoms with van der Waals surface area (Å²) >= 11 is 0. The van der Waals surface area contributed by atoms with Crippen molar-refractivity contribution in [2.45, 2.75) is 33.2 Å². The Morgan fingerprint density at radius 2 is 1.90 bits per heavy atom. The van der Waals surface area contributed by atoms with Crippen LogP contribution in [0.4, 0.5) is 10.5 Å².